The first-order chi connectivity index (χ1) is 15.8. The highest BCUT2D eigenvalue weighted by Gasteiger charge is 2.34. The lowest BCUT2D eigenvalue weighted by atomic mass is 10.1. The van der Waals surface area contributed by atoms with Gasteiger partial charge in [0.1, 0.15) is 9.71 Å². The molecule has 0 fully saturated rings. The second-order valence-electron chi connectivity index (χ2n) is 8.94. The zero-order valence-electron chi connectivity index (χ0n) is 18.8. The van der Waals surface area contributed by atoms with Crippen molar-refractivity contribution in [2.75, 3.05) is 10.2 Å². The quantitative estimate of drug-likeness (QED) is 0.512. The SMILES string of the molecule is Cc1cc(CC(C)C)ncc1N1C(=O)Nc2c(C(=O)NC3=CCC[C@@H]3N)sc3nccc1c23. The van der Waals surface area contributed by atoms with Crippen molar-refractivity contribution in [3.63, 3.8) is 0 Å². The Kier molecular flexibility index (Phi) is 5.38. The number of aromatic nitrogens is 2. The molecule has 1 atom stereocenters. The monoisotopic (exact) mass is 462 g/mol. The fourth-order valence-corrected chi connectivity index (χ4v) is 5.43. The van der Waals surface area contributed by atoms with E-state index in [9.17, 15) is 9.59 Å². The Morgan fingerprint density at radius 3 is 2.88 bits per heavy atom. The van der Waals surface area contributed by atoms with Crippen molar-refractivity contribution in [1.82, 2.24) is 15.3 Å². The number of pyridine rings is 2. The average molecular weight is 463 g/mol. The van der Waals surface area contributed by atoms with E-state index in [1.54, 1.807) is 23.4 Å². The van der Waals surface area contributed by atoms with Gasteiger partial charge in [-0.05, 0) is 49.8 Å². The van der Waals surface area contributed by atoms with Crippen LogP contribution in [0.25, 0.3) is 10.2 Å². The van der Waals surface area contributed by atoms with E-state index in [0.29, 0.717) is 32.7 Å². The summed E-state index contributed by atoms with van der Waals surface area (Å²) < 4.78 is 0. The predicted octanol–water partition coefficient (Wildman–Crippen LogP) is 4.62. The summed E-state index contributed by atoms with van der Waals surface area (Å²) >= 11 is 1.26. The summed E-state index contributed by atoms with van der Waals surface area (Å²) in [6.45, 7) is 6.28. The van der Waals surface area contributed by atoms with Crippen LogP contribution in [-0.2, 0) is 6.42 Å². The van der Waals surface area contributed by atoms with Crippen molar-refractivity contribution in [1.29, 1.82) is 0 Å². The van der Waals surface area contributed by atoms with E-state index in [1.165, 1.54) is 11.3 Å². The van der Waals surface area contributed by atoms with Gasteiger partial charge in [0.15, 0.2) is 0 Å². The van der Waals surface area contributed by atoms with Crippen molar-refractivity contribution >= 4 is 50.6 Å². The van der Waals surface area contributed by atoms with Crippen molar-refractivity contribution < 1.29 is 9.59 Å². The standard InChI is InChI=1S/C24H26N6O2S/c1-12(2)9-14-10-13(3)18(11-27-14)30-17-7-8-26-23-19(17)20(29-24(30)32)21(33-23)22(31)28-16-6-4-5-15(16)25/h6-8,10-12,15H,4-5,9,25H2,1-3H3,(H,28,31)(H,29,32)/t15-/m0/s1. The number of nitrogens with one attached hydrogen (secondary N) is 2. The fourth-order valence-electron chi connectivity index (χ4n) is 4.41. The first kappa shape index (κ1) is 21.5. The van der Waals surface area contributed by atoms with Gasteiger partial charge in [-0.3, -0.25) is 14.7 Å². The van der Waals surface area contributed by atoms with Crippen LogP contribution in [0.4, 0.5) is 21.9 Å². The van der Waals surface area contributed by atoms with Gasteiger partial charge < -0.3 is 16.4 Å². The number of aryl methyl sites for hydroxylation is 1. The van der Waals surface area contributed by atoms with Crippen LogP contribution in [0.5, 0.6) is 0 Å². The molecule has 0 radical (unpaired) electrons. The minimum atomic E-state index is -0.333. The number of urea groups is 1. The van der Waals surface area contributed by atoms with Crippen LogP contribution in [0.15, 0.2) is 36.3 Å². The summed E-state index contributed by atoms with van der Waals surface area (Å²) in [5.74, 6) is 0.209. The number of carbonyl (C=O) groups is 2. The lowest BCUT2D eigenvalue weighted by Crippen LogP contribution is -2.36. The molecule has 1 aliphatic carbocycles. The Labute approximate surface area is 195 Å². The molecular formula is C24H26N6O2S. The predicted molar refractivity (Wildman–Crippen MR) is 131 cm³/mol. The summed E-state index contributed by atoms with van der Waals surface area (Å²) in [4.78, 5) is 38.1. The first-order valence-corrected chi connectivity index (χ1v) is 11.9. The number of allylic oxidation sites excluding steroid dienone is 1. The van der Waals surface area contributed by atoms with Crippen LogP contribution in [-0.4, -0.2) is 27.9 Å². The topological polar surface area (TPSA) is 113 Å². The minimum absolute atomic E-state index is 0.174. The highest BCUT2D eigenvalue weighted by molar-refractivity contribution is 7.21. The number of thiophene rings is 1. The van der Waals surface area contributed by atoms with Gasteiger partial charge in [-0.2, -0.15) is 0 Å². The van der Waals surface area contributed by atoms with Crippen LogP contribution < -0.4 is 21.3 Å². The summed E-state index contributed by atoms with van der Waals surface area (Å²) in [6.07, 6.45) is 7.89. The van der Waals surface area contributed by atoms with E-state index in [-0.39, 0.29) is 18.0 Å². The molecule has 5 rings (SSSR count). The second kappa shape index (κ2) is 8.24. The molecule has 0 aromatic carbocycles. The van der Waals surface area contributed by atoms with Gasteiger partial charge >= 0.3 is 6.03 Å². The van der Waals surface area contributed by atoms with Gasteiger partial charge in [0, 0.05) is 23.6 Å². The van der Waals surface area contributed by atoms with Crippen molar-refractivity contribution in [3.8, 4) is 0 Å². The van der Waals surface area contributed by atoms with E-state index in [4.69, 9.17) is 5.73 Å². The maximum absolute atomic E-state index is 13.3. The number of hydrogen-bond donors (Lipinski definition) is 3. The minimum Gasteiger partial charge on any atom is -0.324 e. The molecule has 9 heteroatoms. The summed E-state index contributed by atoms with van der Waals surface area (Å²) in [5.41, 5.74) is 10.6. The van der Waals surface area contributed by atoms with Crippen molar-refractivity contribution in [3.05, 3.63) is 52.4 Å². The molecule has 8 nitrogen and oxygen atoms in total. The van der Waals surface area contributed by atoms with Crippen molar-refractivity contribution in [2.24, 2.45) is 11.7 Å². The molecule has 33 heavy (non-hydrogen) atoms. The van der Waals surface area contributed by atoms with E-state index >= 15 is 0 Å². The third kappa shape index (κ3) is 3.77. The number of carbonyl (C=O) groups excluding carboxylic acids is 2. The van der Waals surface area contributed by atoms with Crippen LogP contribution in [0.1, 0.15) is 47.6 Å². The number of hydrogen-bond acceptors (Lipinski definition) is 6. The Balaban J connectivity index is 1.56. The van der Waals surface area contributed by atoms with Crippen LogP contribution in [0, 0.1) is 12.8 Å². The van der Waals surface area contributed by atoms with E-state index < -0.39 is 0 Å². The Morgan fingerprint density at radius 1 is 1.36 bits per heavy atom. The maximum Gasteiger partial charge on any atom is 0.331 e. The molecule has 3 aromatic rings. The van der Waals surface area contributed by atoms with Gasteiger partial charge in [0.2, 0.25) is 0 Å². The number of rotatable bonds is 5. The zero-order valence-corrected chi connectivity index (χ0v) is 19.6. The number of amides is 3. The third-order valence-electron chi connectivity index (χ3n) is 5.95. The van der Waals surface area contributed by atoms with Crippen LogP contribution in [0.2, 0.25) is 0 Å². The fraction of sp³-hybridized carbons (Fsp3) is 0.333. The molecule has 0 bridgehead atoms. The molecule has 0 spiro atoms. The van der Waals surface area contributed by atoms with Gasteiger partial charge in [0.05, 0.1) is 28.6 Å². The Bertz CT molecular complexity index is 1310. The number of nitrogens with two attached hydrogens (primary N) is 1. The van der Waals surface area contributed by atoms with Gasteiger partial charge in [-0.15, -0.1) is 11.3 Å². The van der Waals surface area contributed by atoms with Crippen LogP contribution in [0.3, 0.4) is 0 Å². The Morgan fingerprint density at radius 2 is 2.18 bits per heavy atom. The molecule has 1 aliphatic heterocycles. The van der Waals surface area contributed by atoms with Gasteiger partial charge in [0.25, 0.3) is 5.91 Å². The van der Waals surface area contributed by atoms with Gasteiger partial charge in [-0.1, -0.05) is 19.9 Å². The summed E-state index contributed by atoms with van der Waals surface area (Å²) in [7, 11) is 0. The molecule has 4 heterocycles. The smallest absolute Gasteiger partial charge is 0.324 e. The molecule has 170 valence electrons. The summed E-state index contributed by atoms with van der Waals surface area (Å²) in [5, 5.41) is 6.60. The normalized spacial score (nSPS) is 17.5. The molecule has 4 N–H and O–H groups in total. The van der Waals surface area contributed by atoms with E-state index in [2.05, 4.69) is 34.4 Å². The van der Waals surface area contributed by atoms with Crippen LogP contribution >= 0.6 is 11.3 Å². The molecule has 0 saturated heterocycles. The average Bonchev–Trinajstić information content (AvgIpc) is 3.33. The molecule has 0 saturated carbocycles. The lowest BCUT2D eigenvalue weighted by molar-refractivity contribution is 0.0968. The number of nitrogens with zero attached hydrogens (tertiary/aromatic N) is 3. The van der Waals surface area contributed by atoms with E-state index in [0.717, 1.165) is 41.6 Å². The molecule has 3 amide bonds. The highest BCUT2D eigenvalue weighted by Crippen LogP contribution is 2.46. The zero-order chi connectivity index (χ0) is 23.3. The van der Waals surface area contributed by atoms with Crippen molar-refractivity contribution in [2.45, 2.75) is 46.1 Å². The second-order valence-corrected chi connectivity index (χ2v) is 9.94. The lowest BCUT2D eigenvalue weighted by Gasteiger charge is -2.29. The number of anilines is 3. The van der Waals surface area contributed by atoms with Gasteiger partial charge in [-0.25, -0.2) is 9.78 Å². The largest absolute Gasteiger partial charge is 0.331 e. The first-order valence-electron chi connectivity index (χ1n) is 11.1. The molecular weight excluding hydrogens is 436 g/mol. The highest BCUT2D eigenvalue weighted by atomic mass is 32.1. The third-order valence-corrected chi connectivity index (χ3v) is 7.05. The molecule has 2 aliphatic rings. The molecule has 0 unspecified atom stereocenters. The van der Waals surface area contributed by atoms with E-state index in [1.807, 2.05) is 19.1 Å². The summed E-state index contributed by atoms with van der Waals surface area (Å²) in [6, 6.07) is 3.32. The Hall–Kier alpha value is -3.30. The molecule has 3 aromatic heterocycles. The maximum atomic E-state index is 13.3.